The van der Waals surface area contributed by atoms with Crippen molar-refractivity contribution in [2.45, 2.75) is 12.8 Å². The number of Topliss-reactive ketones (excluding diaryl/α,β-unsaturated/α-hetero) is 1. The van der Waals surface area contributed by atoms with Crippen LogP contribution in [0.5, 0.6) is 0 Å². The molecule has 0 saturated heterocycles. The highest BCUT2D eigenvalue weighted by Gasteiger charge is 2.14. The highest BCUT2D eigenvalue weighted by atomic mass is 19.1. The van der Waals surface area contributed by atoms with Gasteiger partial charge in [0.15, 0.2) is 5.78 Å². The molecule has 15 heavy (non-hydrogen) atoms. The van der Waals surface area contributed by atoms with E-state index in [9.17, 15) is 9.18 Å². The minimum atomic E-state index is -0.370. The van der Waals surface area contributed by atoms with Crippen LogP contribution in [-0.4, -0.2) is 12.3 Å². The molecule has 0 radical (unpaired) electrons. The van der Waals surface area contributed by atoms with E-state index in [4.69, 9.17) is 0 Å². The monoisotopic (exact) mass is 205 g/mol. The second kappa shape index (κ2) is 4.26. The first-order chi connectivity index (χ1) is 7.27. The molecule has 1 aromatic carbocycles. The van der Waals surface area contributed by atoms with Crippen LogP contribution in [0, 0.1) is 5.82 Å². The summed E-state index contributed by atoms with van der Waals surface area (Å²) < 4.78 is 12.9. The maximum Gasteiger partial charge on any atom is 0.190 e. The number of hydrogen-bond donors (Lipinski definition) is 1. The summed E-state index contributed by atoms with van der Waals surface area (Å²) in [5.74, 6) is -0.452. The number of carbonyl (C=O) groups is 1. The van der Waals surface area contributed by atoms with Crippen LogP contribution < -0.4 is 5.32 Å². The van der Waals surface area contributed by atoms with Gasteiger partial charge in [-0.15, -0.1) is 0 Å². The molecule has 0 unspecified atom stereocenters. The maximum atomic E-state index is 12.9. The summed E-state index contributed by atoms with van der Waals surface area (Å²) in [5.41, 5.74) is 1.15. The third kappa shape index (κ3) is 2.24. The lowest BCUT2D eigenvalue weighted by Crippen LogP contribution is -2.18. The van der Waals surface area contributed by atoms with Crippen molar-refractivity contribution in [3.8, 4) is 0 Å². The first-order valence-electron chi connectivity index (χ1n) is 5.00. The Kier molecular flexibility index (Phi) is 2.81. The molecule has 0 bridgehead atoms. The topological polar surface area (TPSA) is 29.1 Å². The van der Waals surface area contributed by atoms with E-state index in [1.165, 1.54) is 12.1 Å². The summed E-state index contributed by atoms with van der Waals surface area (Å²) in [6, 6.07) is 5.81. The number of nitrogens with one attached hydrogen (secondary N) is 1. The third-order valence-electron chi connectivity index (χ3n) is 2.42. The van der Waals surface area contributed by atoms with E-state index in [1.807, 2.05) is 0 Å². The van der Waals surface area contributed by atoms with E-state index >= 15 is 0 Å². The Bertz CT molecular complexity index is 412. The lowest BCUT2D eigenvalue weighted by Gasteiger charge is -2.13. The van der Waals surface area contributed by atoms with Crippen LogP contribution in [-0.2, 0) is 0 Å². The molecule has 0 amide bonds. The van der Waals surface area contributed by atoms with Gasteiger partial charge in [0.2, 0.25) is 0 Å². The van der Waals surface area contributed by atoms with Gasteiger partial charge >= 0.3 is 0 Å². The lowest BCUT2D eigenvalue weighted by atomic mass is 9.99. The third-order valence-corrected chi connectivity index (χ3v) is 2.42. The fraction of sp³-hybridized carbons (Fsp3) is 0.250. The number of carbonyl (C=O) groups excluding carboxylic acids is 1. The van der Waals surface area contributed by atoms with E-state index in [-0.39, 0.29) is 11.6 Å². The molecule has 0 aliphatic carbocycles. The number of benzene rings is 1. The first kappa shape index (κ1) is 9.90. The molecule has 3 heteroatoms. The SMILES string of the molecule is O=C(C1=CNCCC1)c1cccc(F)c1. The molecule has 2 rings (SSSR count). The van der Waals surface area contributed by atoms with Gasteiger partial charge in [-0.2, -0.15) is 0 Å². The highest BCUT2D eigenvalue weighted by Crippen LogP contribution is 2.15. The lowest BCUT2D eigenvalue weighted by molar-refractivity contribution is 0.102. The molecule has 1 aliphatic heterocycles. The minimum Gasteiger partial charge on any atom is -0.391 e. The van der Waals surface area contributed by atoms with Gasteiger partial charge in [0.1, 0.15) is 5.82 Å². The van der Waals surface area contributed by atoms with Gasteiger partial charge in [-0.1, -0.05) is 12.1 Å². The van der Waals surface area contributed by atoms with E-state index < -0.39 is 0 Å². The largest absolute Gasteiger partial charge is 0.391 e. The minimum absolute atomic E-state index is 0.0818. The first-order valence-corrected chi connectivity index (χ1v) is 5.00. The zero-order chi connectivity index (χ0) is 10.7. The van der Waals surface area contributed by atoms with Crippen molar-refractivity contribution in [3.05, 3.63) is 47.4 Å². The van der Waals surface area contributed by atoms with Crippen LogP contribution in [0.3, 0.4) is 0 Å². The average molecular weight is 205 g/mol. The maximum absolute atomic E-state index is 12.9. The molecule has 2 nitrogen and oxygen atoms in total. The zero-order valence-corrected chi connectivity index (χ0v) is 8.29. The van der Waals surface area contributed by atoms with Crippen LogP contribution in [0.1, 0.15) is 23.2 Å². The van der Waals surface area contributed by atoms with Crippen molar-refractivity contribution in [2.24, 2.45) is 0 Å². The Morgan fingerprint density at radius 3 is 2.93 bits per heavy atom. The molecule has 1 heterocycles. The summed E-state index contributed by atoms with van der Waals surface area (Å²) in [6.07, 6.45) is 3.45. The molecule has 0 saturated carbocycles. The molecular formula is C12H12FNO. The van der Waals surface area contributed by atoms with E-state index in [0.717, 1.165) is 25.0 Å². The number of allylic oxidation sites excluding steroid dienone is 1. The van der Waals surface area contributed by atoms with Gasteiger partial charge < -0.3 is 5.32 Å². The Morgan fingerprint density at radius 2 is 2.27 bits per heavy atom. The van der Waals surface area contributed by atoms with Gasteiger partial charge in [-0.05, 0) is 25.0 Å². The average Bonchev–Trinajstić information content (AvgIpc) is 2.29. The second-order valence-corrected chi connectivity index (χ2v) is 3.57. The number of rotatable bonds is 2. The molecular weight excluding hydrogens is 193 g/mol. The normalized spacial score (nSPS) is 15.4. The van der Waals surface area contributed by atoms with E-state index in [1.54, 1.807) is 18.3 Å². The Labute approximate surface area is 87.8 Å². The Balaban J connectivity index is 2.24. The number of ketones is 1. The smallest absolute Gasteiger partial charge is 0.190 e. The second-order valence-electron chi connectivity index (χ2n) is 3.57. The van der Waals surface area contributed by atoms with Crippen LogP contribution in [0.15, 0.2) is 36.0 Å². The van der Waals surface area contributed by atoms with Crippen molar-refractivity contribution in [1.82, 2.24) is 5.32 Å². The van der Waals surface area contributed by atoms with Gasteiger partial charge in [-0.3, -0.25) is 4.79 Å². The van der Waals surface area contributed by atoms with E-state index in [2.05, 4.69) is 5.32 Å². The number of hydrogen-bond acceptors (Lipinski definition) is 2. The van der Waals surface area contributed by atoms with Crippen LogP contribution in [0.4, 0.5) is 4.39 Å². The van der Waals surface area contributed by atoms with E-state index in [0.29, 0.717) is 5.56 Å². The Hall–Kier alpha value is -1.64. The standard InChI is InChI=1S/C12H12FNO/c13-11-5-1-3-9(7-11)12(15)10-4-2-6-14-8-10/h1,3,5,7-8,14H,2,4,6H2. The summed E-state index contributed by atoms with van der Waals surface area (Å²) in [6.45, 7) is 0.903. The van der Waals surface area contributed by atoms with Crippen molar-refractivity contribution in [1.29, 1.82) is 0 Å². The van der Waals surface area contributed by atoms with Gasteiger partial charge in [-0.25, -0.2) is 4.39 Å². The fourth-order valence-corrected chi connectivity index (χ4v) is 1.64. The molecule has 0 atom stereocenters. The predicted octanol–water partition coefficient (Wildman–Crippen LogP) is 2.28. The van der Waals surface area contributed by atoms with Crippen molar-refractivity contribution < 1.29 is 9.18 Å². The van der Waals surface area contributed by atoms with Crippen LogP contribution in [0.2, 0.25) is 0 Å². The quantitative estimate of drug-likeness (QED) is 0.750. The Morgan fingerprint density at radius 1 is 1.40 bits per heavy atom. The van der Waals surface area contributed by atoms with Gasteiger partial charge in [0.05, 0.1) is 0 Å². The molecule has 0 spiro atoms. The predicted molar refractivity (Wildman–Crippen MR) is 56.1 cm³/mol. The fourth-order valence-electron chi connectivity index (χ4n) is 1.64. The van der Waals surface area contributed by atoms with Crippen molar-refractivity contribution in [3.63, 3.8) is 0 Å². The van der Waals surface area contributed by atoms with Crippen LogP contribution >= 0.6 is 0 Å². The molecule has 1 aromatic rings. The summed E-state index contributed by atoms with van der Waals surface area (Å²) >= 11 is 0. The van der Waals surface area contributed by atoms with Crippen molar-refractivity contribution in [2.75, 3.05) is 6.54 Å². The van der Waals surface area contributed by atoms with Gasteiger partial charge in [0, 0.05) is 23.9 Å². The zero-order valence-electron chi connectivity index (χ0n) is 8.29. The summed E-state index contributed by atoms with van der Waals surface area (Å²) in [5, 5.41) is 3.02. The summed E-state index contributed by atoms with van der Waals surface area (Å²) in [7, 11) is 0. The van der Waals surface area contributed by atoms with Crippen LogP contribution in [0.25, 0.3) is 0 Å². The van der Waals surface area contributed by atoms with Gasteiger partial charge in [0.25, 0.3) is 0 Å². The van der Waals surface area contributed by atoms with Crippen molar-refractivity contribution >= 4 is 5.78 Å². The molecule has 1 aliphatic rings. The molecule has 78 valence electrons. The highest BCUT2D eigenvalue weighted by molar-refractivity contribution is 6.08. The molecule has 0 aromatic heterocycles. The molecule has 0 fully saturated rings. The molecule has 1 N–H and O–H groups in total. The number of halogens is 1. The summed E-state index contributed by atoms with van der Waals surface area (Å²) in [4.78, 5) is 11.9.